The summed E-state index contributed by atoms with van der Waals surface area (Å²) in [5, 5.41) is 3.58. The van der Waals surface area contributed by atoms with Crippen LogP contribution in [0.15, 0.2) is 42.5 Å². The Balaban J connectivity index is 1.38. The topological polar surface area (TPSA) is 50.8 Å². The van der Waals surface area contributed by atoms with Crippen molar-refractivity contribution in [3.63, 3.8) is 0 Å². The van der Waals surface area contributed by atoms with Gasteiger partial charge in [0, 0.05) is 35.9 Å². The van der Waals surface area contributed by atoms with E-state index in [1.807, 2.05) is 36.4 Å². The van der Waals surface area contributed by atoms with Gasteiger partial charge in [0.05, 0.1) is 13.2 Å². The predicted octanol–water partition coefficient (Wildman–Crippen LogP) is 3.12. The van der Waals surface area contributed by atoms with Gasteiger partial charge in [-0.15, -0.1) is 0 Å². The van der Waals surface area contributed by atoms with Gasteiger partial charge in [-0.25, -0.2) is 0 Å². The van der Waals surface area contributed by atoms with Crippen LogP contribution in [0.4, 0.5) is 11.4 Å². The zero-order chi connectivity index (χ0) is 17.2. The molecule has 0 aromatic heterocycles. The fourth-order valence-electron chi connectivity index (χ4n) is 3.16. The lowest BCUT2D eigenvalue weighted by atomic mass is 10.1. The minimum absolute atomic E-state index is 0.147. The van der Waals surface area contributed by atoms with E-state index >= 15 is 0 Å². The lowest BCUT2D eigenvalue weighted by molar-refractivity contribution is -0.122. The number of hydrogen-bond acceptors (Lipinski definition) is 4. The van der Waals surface area contributed by atoms with E-state index in [1.165, 1.54) is 0 Å². The van der Waals surface area contributed by atoms with Crippen LogP contribution >= 0.6 is 11.6 Å². The van der Waals surface area contributed by atoms with E-state index in [2.05, 4.69) is 10.2 Å². The molecule has 2 aliphatic heterocycles. The van der Waals surface area contributed by atoms with Crippen molar-refractivity contribution in [3.8, 4) is 5.75 Å². The zero-order valence-electron chi connectivity index (χ0n) is 13.7. The SMILES string of the molecule is O=C(Nc1ccc(N2CCOCC2)cc1)C1Cc2cc(Cl)ccc2O1. The van der Waals surface area contributed by atoms with E-state index in [4.69, 9.17) is 21.1 Å². The smallest absolute Gasteiger partial charge is 0.265 e. The van der Waals surface area contributed by atoms with Gasteiger partial charge in [-0.05, 0) is 48.0 Å². The second-order valence-corrected chi connectivity index (χ2v) is 6.63. The van der Waals surface area contributed by atoms with Gasteiger partial charge in [0.2, 0.25) is 0 Å². The molecule has 2 aromatic carbocycles. The van der Waals surface area contributed by atoms with Crippen molar-refractivity contribution in [1.29, 1.82) is 0 Å². The van der Waals surface area contributed by atoms with Gasteiger partial charge in [-0.3, -0.25) is 4.79 Å². The van der Waals surface area contributed by atoms with Crippen molar-refractivity contribution in [2.45, 2.75) is 12.5 Å². The Morgan fingerprint density at radius 1 is 1.12 bits per heavy atom. The number of carbonyl (C=O) groups is 1. The molecule has 25 heavy (non-hydrogen) atoms. The maximum Gasteiger partial charge on any atom is 0.265 e. The van der Waals surface area contributed by atoms with Crippen molar-refractivity contribution in [2.24, 2.45) is 0 Å². The Kier molecular flexibility index (Phi) is 4.51. The van der Waals surface area contributed by atoms with Crippen molar-refractivity contribution in [3.05, 3.63) is 53.1 Å². The molecule has 2 aliphatic rings. The number of hydrogen-bond donors (Lipinski definition) is 1. The third kappa shape index (κ3) is 3.57. The molecule has 1 amide bonds. The third-order valence-electron chi connectivity index (χ3n) is 4.50. The maximum atomic E-state index is 12.5. The molecule has 0 radical (unpaired) electrons. The van der Waals surface area contributed by atoms with Crippen molar-refractivity contribution >= 4 is 28.9 Å². The Morgan fingerprint density at radius 3 is 2.64 bits per heavy atom. The van der Waals surface area contributed by atoms with Gasteiger partial charge in [0.15, 0.2) is 6.10 Å². The molecule has 1 unspecified atom stereocenters. The van der Waals surface area contributed by atoms with Gasteiger partial charge in [0.1, 0.15) is 5.75 Å². The van der Waals surface area contributed by atoms with Crippen LogP contribution in [0.2, 0.25) is 5.02 Å². The first kappa shape index (κ1) is 16.2. The minimum Gasteiger partial charge on any atom is -0.480 e. The summed E-state index contributed by atoms with van der Waals surface area (Å²) in [6, 6.07) is 13.3. The summed E-state index contributed by atoms with van der Waals surface area (Å²) in [7, 11) is 0. The summed E-state index contributed by atoms with van der Waals surface area (Å²) in [6.45, 7) is 3.29. The minimum atomic E-state index is -0.521. The number of rotatable bonds is 3. The summed E-state index contributed by atoms with van der Waals surface area (Å²) >= 11 is 5.99. The van der Waals surface area contributed by atoms with Crippen LogP contribution in [0.1, 0.15) is 5.56 Å². The lowest BCUT2D eigenvalue weighted by Gasteiger charge is -2.28. The summed E-state index contributed by atoms with van der Waals surface area (Å²) in [6.07, 6.45) is 0.0144. The number of amides is 1. The molecule has 1 saturated heterocycles. The molecule has 1 fully saturated rings. The van der Waals surface area contributed by atoms with Crippen LogP contribution in [0.25, 0.3) is 0 Å². The molecule has 0 saturated carbocycles. The Labute approximate surface area is 151 Å². The average Bonchev–Trinajstić information content (AvgIpc) is 3.06. The van der Waals surface area contributed by atoms with Crippen molar-refractivity contribution in [2.75, 3.05) is 36.5 Å². The van der Waals surface area contributed by atoms with Crippen molar-refractivity contribution < 1.29 is 14.3 Å². The van der Waals surface area contributed by atoms with E-state index in [-0.39, 0.29) is 5.91 Å². The van der Waals surface area contributed by atoms with Crippen LogP contribution in [0, 0.1) is 0 Å². The molecule has 0 bridgehead atoms. The van der Waals surface area contributed by atoms with Crippen LogP contribution in [0.5, 0.6) is 5.75 Å². The number of nitrogens with one attached hydrogen (secondary N) is 1. The third-order valence-corrected chi connectivity index (χ3v) is 4.74. The second kappa shape index (κ2) is 6.94. The van der Waals surface area contributed by atoms with Gasteiger partial charge in [0.25, 0.3) is 5.91 Å². The molecule has 6 heteroatoms. The standard InChI is InChI=1S/C19H19ClN2O3/c20-14-1-6-17-13(11-14)12-18(25-17)19(23)21-15-2-4-16(5-3-15)22-7-9-24-10-8-22/h1-6,11,18H,7-10,12H2,(H,21,23). The van der Waals surface area contributed by atoms with Crippen LogP contribution in [-0.4, -0.2) is 38.3 Å². The summed E-state index contributed by atoms with van der Waals surface area (Å²) in [4.78, 5) is 14.7. The monoisotopic (exact) mass is 358 g/mol. The first-order chi connectivity index (χ1) is 12.2. The first-order valence-corrected chi connectivity index (χ1v) is 8.75. The normalized spacial score (nSPS) is 19.2. The highest BCUT2D eigenvalue weighted by Gasteiger charge is 2.29. The molecule has 1 atom stereocenters. The highest BCUT2D eigenvalue weighted by molar-refractivity contribution is 6.30. The molecule has 5 nitrogen and oxygen atoms in total. The maximum absolute atomic E-state index is 12.5. The first-order valence-electron chi connectivity index (χ1n) is 8.38. The summed E-state index contributed by atoms with van der Waals surface area (Å²) in [5.74, 6) is 0.582. The number of carbonyl (C=O) groups excluding carboxylic acids is 1. The molecule has 4 rings (SSSR count). The number of fused-ring (bicyclic) bond motifs is 1. The average molecular weight is 359 g/mol. The Morgan fingerprint density at radius 2 is 1.88 bits per heavy atom. The number of halogens is 1. The quantitative estimate of drug-likeness (QED) is 0.916. The molecule has 0 spiro atoms. The van der Waals surface area contributed by atoms with Gasteiger partial charge >= 0.3 is 0 Å². The van der Waals surface area contributed by atoms with E-state index in [1.54, 1.807) is 6.07 Å². The molecule has 2 aromatic rings. The highest BCUT2D eigenvalue weighted by atomic mass is 35.5. The zero-order valence-corrected chi connectivity index (χ0v) is 14.5. The van der Waals surface area contributed by atoms with Gasteiger partial charge < -0.3 is 19.7 Å². The molecular weight excluding hydrogens is 340 g/mol. The van der Waals surface area contributed by atoms with Crippen molar-refractivity contribution in [1.82, 2.24) is 0 Å². The van der Waals surface area contributed by atoms with Gasteiger partial charge in [-0.2, -0.15) is 0 Å². The number of benzene rings is 2. The van der Waals surface area contributed by atoms with E-state index in [9.17, 15) is 4.79 Å². The number of anilines is 2. The van der Waals surface area contributed by atoms with Gasteiger partial charge in [-0.1, -0.05) is 11.6 Å². The summed E-state index contributed by atoms with van der Waals surface area (Å²) < 4.78 is 11.1. The molecule has 130 valence electrons. The fraction of sp³-hybridized carbons (Fsp3) is 0.316. The van der Waals surface area contributed by atoms with Crippen LogP contribution in [-0.2, 0) is 16.0 Å². The lowest BCUT2D eigenvalue weighted by Crippen LogP contribution is -2.36. The predicted molar refractivity (Wildman–Crippen MR) is 97.7 cm³/mol. The summed E-state index contributed by atoms with van der Waals surface area (Å²) in [5.41, 5.74) is 2.87. The highest BCUT2D eigenvalue weighted by Crippen LogP contribution is 2.31. The Bertz CT molecular complexity index is 773. The largest absolute Gasteiger partial charge is 0.480 e. The van der Waals surface area contributed by atoms with Crippen LogP contribution < -0.4 is 15.0 Å². The second-order valence-electron chi connectivity index (χ2n) is 6.20. The number of nitrogens with zero attached hydrogens (tertiary/aromatic N) is 1. The number of morpholine rings is 1. The molecule has 2 heterocycles. The van der Waals surface area contributed by atoms with E-state index < -0.39 is 6.10 Å². The molecule has 1 N–H and O–H groups in total. The molecule has 0 aliphatic carbocycles. The Hall–Kier alpha value is -2.24. The van der Waals surface area contributed by atoms with E-state index in [0.717, 1.165) is 49.0 Å². The fourth-order valence-corrected chi connectivity index (χ4v) is 3.36. The number of ether oxygens (including phenoxy) is 2. The molecular formula is C19H19ClN2O3. The van der Waals surface area contributed by atoms with Crippen LogP contribution in [0.3, 0.4) is 0 Å². The van der Waals surface area contributed by atoms with E-state index in [0.29, 0.717) is 11.4 Å².